The van der Waals surface area contributed by atoms with Gasteiger partial charge in [-0.05, 0) is 19.2 Å². The van der Waals surface area contributed by atoms with E-state index in [1.54, 1.807) is 19.2 Å². The lowest BCUT2D eigenvalue weighted by molar-refractivity contribution is -0.120. The van der Waals surface area contributed by atoms with Crippen LogP contribution in [0.4, 0.5) is 4.39 Å². The van der Waals surface area contributed by atoms with Gasteiger partial charge in [0.2, 0.25) is 5.91 Å². The zero-order valence-corrected chi connectivity index (χ0v) is 8.37. The first-order valence-corrected chi connectivity index (χ1v) is 4.49. The summed E-state index contributed by atoms with van der Waals surface area (Å²) in [6, 6.07) is 5.37. The number of hydrogen-bond donors (Lipinski definition) is 2. The largest absolute Gasteiger partial charge is 0.488 e. The highest BCUT2D eigenvalue weighted by Gasteiger charge is 2.14. The lowest BCUT2D eigenvalue weighted by atomic mass is 10.3. The van der Waals surface area contributed by atoms with E-state index in [0.29, 0.717) is 0 Å². The van der Waals surface area contributed by atoms with Crippen LogP contribution in [-0.4, -0.2) is 25.6 Å². The highest BCUT2D eigenvalue weighted by molar-refractivity contribution is 5.79. The van der Waals surface area contributed by atoms with E-state index in [4.69, 9.17) is 10.5 Å². The number of ether oxygens (including phenoxy) is 1. The fourth-order valence-electron chi connectivity index (χ4n) is 1.04. The summed E-state index contributed by atoms with van der Waals surface area (Å²) in [6.45, 7) is 0.00671. The van der Waals surface area contributed by atoms with Crippen LogP contribution in [0.5, 0.6) is 5.75 Å². The number of amides is 1. The second kappa shape index (κ2) is 5.31. The highest BCUT2D eigenvalue weighted by atomic mass is 19.1. The summed E-state index contributed by atoms with van der Waals surface area (Å²) in [6.07, 6.45) is 0. The van der Waals surface area contributed by atoms with Crippen molar-refractivity contribution in [1.29, 1.82) is 0 Å². The van der Waals surface area contributed by atoms with Crippen LogP contribution in [0, 0.1) is 5.82 Å². The predicted octanol–water partition coefficient (Wildman–Crippen LogP) is 0.278. The number of likely N-dealkylation sites (N-methyl/N-ethyl adjacent to an activating group) is 1. The minimum Gasteiger partial charge on any atom is -0.488 e. The summed E-state index contributed by atoms with van der Waals surface area (Å²) in [7, 11) is 1.58. The van der Waals surface area contributed by atoms with Gasteiger partial charge in [0.15, 0.2) is 11.6 Å². The molecule has 0 saturated carbocycles. The van der Waals surface area contributed by atoms with Crippen LogP contribution >= 0.6 is 0 Å². The van der Waals surface area contributed by atoms with E-state index in [1.807, 2.05) is 0 Å². The van der Waals surface area contributed by atoms with Crippen LogP contribution < -0.4 is 15.8 Å². The molecule has 1 atom stereocenters. The molecule has 3 N–H and O–H groups in total. The first-order valence-electron chi connectivity index (χ1n) is 4.49. The molecule has 0 aliphatic rings. The smallest absolute Gasteiger partial charge is 0.238 e. The molecule has 0 fully saturated rings. The zero-order chi connectivity index (χ0) is 11.3. The molecule has 0 aromatic heterocycles. The van der Waals surface area contributed by atoms with E-state index in [9.17, 15) is 9.18 Å². The van der Waals surface area contributed by atoms with Gasteiger partial charge in [-0.2, -0.15) is 0 Å². The van der Waals surface area contributed by atoms with Crippen molar-refractivity contribution in [3.63, 3.8) is 0 Å². The third-order valence-electron chi connectivity index (χ3n) is 1.93. The zero-order valence-electron chi connectivity index (χ0n) is 8.37. The second-order valence-corrected chi connectivity index (χ2v) is 2.99. The Kier molecular flexibility index (Phi) is 4.05. The molecule has 1 aromatic rings. The molecule has 0 saturated heterocycles. The number of benzene rings is 1. The average Bonchev–Trinajstić information content (AvgIpc) is 2.21. The first kappa shape index (κ1) is 11.5. The molecule has 0 aliphatic carbocycles. The number of hydrogen-bond acceptors (Lipinski definition) is 3. The third kappa shape index (κ3) is 3.21. The summed E-state index contributed by atoms with van der Waals surface area (Å²) in [4.78, 5) is 10.8. The molecule has 0 radical (unpaired) electrons. The number of para-hydroxylation sites is 1. The molecule has 1 aromatic carbocycles. The van der Waals surface area contributed by atoms with Gasteiger partial charge in [0.05, 0.1) is 0 Å². The highest BCUT2D eigenvalue weighted by Crippen LogP contribution is 2.15. The maximum atomic E-state index is 13.1. The van der Waals surface area contributed by atoms with Crippen molar-refractivity contribution in [1.82, 2.24) is 5.32 Å². The van der Waals surface area contributed by atoms with E-state index in [2.05, 4.69) is 5.32 Å². The molecule has 0 heterocycles. The monoisotopic (exact) mass is 212 g/mol. The van der Waals surface area contributed by atoms with Gasteiger partial charge >= 0.3 is 0 Å². The summed E-state index contributed by atoms with van der Waals surface area (Å²) in [5.74, 6) is -0.885. The maximum Gasteiger partial charge on any atom is 0.238 e. The van der Waals surface area contributed by atoms with Gasteiger partial charge < -0.3 is 15.8 Å². The van der Waals surface area contributed by atoms with Crippen LogP contribution in [0.1, 0.15) is 0 Å². The average molecular weight is 212 g/mol. The van der Waals surface area contributed by atoms with Crippen molar-refractivity contribution in [2.24, 2.45) is 5.73 Å². The number of halogens is 1. The van der Waals surface area contributed by atoms with E-state index >= 15 is 0 Å². The van der Waals surface area contributed by atoms with Crippen molar-refractivity contribution in [3.8, 4) is 5.75 Å². The number of nitrogens with two attached hydrogens (primary N) is 1. The lowest BCUT2D eigenvalue weighted by Crippen LogP contribution is -2.43. The maximum absolute atomic E-state index is 13.1. The normalized spacial score (nSPS) is 12.1. The molecule has 1 amide bonds. The molecule has 0 aliphatic heterocycles. The van der Waals surface area contributed by atoms with E-state index in [0.717, 1.165) is 0 Å². The SMILES string of the molecule is CNC(COc1ccccc1F)C(N)=O. The van der Waals surface area contributed by atoms with Crippen molar-refractivity contribution in [2.75, 3.05) is 13.7 Å². The fraction of sp³-hybridized carbons (Fsp3) is 0.300. The van der Waals surface area contributed by atoms with Gasteiger partial charge in [0.1, 0.15) is 12.6 Å². The Hall–Kier alpha value is -1.62. The van der Waals surface area contributed by atoms with Crippen LogP contribution in [-0.2, 0) is 4.79 Å². The Balaban J connectivity index is 2.56. The molecule has 1 rings (SSSR count). The molecule has 15 heavy (non-hydrogen) atoms. The number of rotatable bonds is 5. The summed E-state index contributed by atoms with van der Waals surface area (Å²) in [5.41, 5.74) is 5.07. The Morgan fingerprint density at radius 1 is 1.60 bits per heavy atom. The molecule has 4 nitrogen and oxygen atoms in total. The molecular formula is C10H13FN2O2. The number of primary amides is 1. The molecule has 5 heteroatoms. The lowest BCUT2D eigenvalue weighted by Gasteiger charge is -2.13. The third-order valence-corrected chi connectivity index (χ3v) is 1.93. The van der Waals surface area contributed by atoms with Gasteiger partial charge in [0, 0.05) is 0 Å². The molecular weight excluding hydrogens is 199 g/mol. The van der Waals surface area contributed by atoms with E-state index in [-0.39, 0.29) is 12.4 Å². The Morgan fingerprint density at radius 3 is 2.80 bits per heavy atom. The molecule has 0 spiro atoms. The van der Waals surface area contributed by atoms with Crippen LogP contribution in [0.25, 0.3) is 0 Å². The Bertz CT molecular complexity index is 344. The number of carbonyl (C=O) groups is 1. The van der Waals surface area contributed by atoms with Crippen molar-refractivity contribution < 1.29 is 13.9 Å². The van der Waals surface area contributed by atoms with Gasteiger partial charge in [-0.15, -0.1) is 0 Å². The van der Waals surface area contributed by atoms with Crippen LogP contribution in [0.2, 0.25) is 0 Å². The van der Waals surface area contributed by atoms with E-state index in [1.165, 1.54) is 12.1 Å². The van der Waals surface area contributed by atoms with Crippen molar-refractivity contribution in [2.45, 2.75) is 6.04 Å². The number of carbonyl (C=O) groups excluding carboxylic acids is 1. The summed E-state index contributed by atoms with van der Waals surface area (Å²) in [5, 5.41) is 2.67. The minimum absolute atomic E-state index is 0.00671. The quantitative estimate of drug-likeness (QED) is 0.736. The summed E-state index contributed by atoms with van der Waals surface area (Å²) < 4.78 is 18.2. The molecule has 1 unspecified atom stereocenters. The Labute approximate surface area is 87.2 Å². The van der Waals surface area contributed by atoms with Gasteiger partial charge in [-0.1, -0.05) is 12.1 Å². The van der Waals surface area contributed by atoms with Crippen molar-refractivity contribution in [3.05, 3.63) is 30.1 Å². The van der Waals surface area contributed by atoms with E-state index < -0.39 is 17.8 Å². The number of nitrogens with one attached hydrogen (secondary N) is 1. The van der Waals surface area contributed by atoms with Gasteiger partial charge in [-0.25, -0.2) is 4.39 Å². The van der Waals surface area contributed by atoms with Crippen LogP contribution in [0.3, 0.4) is 0 Å². The van der Waals surface area contributed by atoms with Gasteiger partial charge in [0.25, 0.3) is 0 Å². The molecule has 82 valence electrons. The Morgan fingerprint density at radius 2 is 2.27 bits per heavy atom. The fourth-order valence-corrected chi connectivity index (χ4v) is 1.04. The first-order chi connectivity index (χ1) is 7.15. The van der Waals surface area contributed by atoms with Crippen LogP contribution in [0.15, 0.2) is 24.3 Å². The standard InChI is InChI=1S/C10H13FN2O2/c1-13-8(10(12)14)6-15-9-5-3-2-4-7(9)11/h2-5,8,13H,6H2,1H3,(H2,12,14). The second-order valence-electron chi connectivity index (χ2n) is 2.99. The summed E-state index contributed by atoms with van der Waals surface area (Å²) >= 11 is 0. The predicted molar refractivity (Wildman–Crippen MR) is 53.9 cm³/mol. The molecule has 0 bridgehead atoms. The topological polar surface area (TPSA) is 64.3 Å². The minimum atomic E-state index is -0.621. The van der Waals surface area contributed by atoms with Gasteiger partial charge in [-0.3, -0.25) is 4.79 Å². The van der Waals surface area contributed by atoms with Crippen molar-refractivity contribution >= 4 is 5.91 Å².